The molecule has 0 radical (unpaired) electrons. The Hall–Kier alpha value is -1.11. The Kier molecular flexibility index (Phi) is 7.51. The first-order valence-electron chi connectivity index (χ1n) is 6.32. The Balaban J connectivity index is 0.00000264. The third-order valence-corrected chi connectivity index (χ3v) is 4.43. The number of hydrogen-bond donors (Lipinski definition) is 0. The molecule has 114 valence electrons. The molecule has 0 saturated carbocycles. The summed E-state index contributed by atoms with van der Waals surface area (Å²) in [6.07, 6.45) is 1.42. The standard InChI is InChI=1S/C16H13ClO4S.Na/c17-15-7-3-13(4-8-15)11-22(20,21)10-9-12-1-5-14(6-2-12)16(18)19;/h1-10H,11H2,(H,18,19);/q;+1/p-1/b10-9+;. The zero-order valence-electron chi connectivity index (χ0n) is 12.4. The number of carboxylic acid groups (broad SMARTS) is 1. The fourth-order valence-electron chi connectivity index (χ4n) is 1.77. The fourth-order valence-corrected chi connectivity index (χ4v) is 3.02. The molecule has 0 saturated heterocycles. The van der Waals surface area contributed by atoms with Crippen LogP contribution in [0.3, 0.4) is 0 Å². The van der Waals surface area contributed by atoms with Crippen molar-refractivity contribution in [3.05, 3.63) is 75.7 Å². The molecule has 4 nitrogen and oxygen atoms in total. The topological polar surface area (TPSA) is 74.3 Å². The number of benzene rings is 2. The minimum absolute atomic E-state index is 0. The summed E-state index contributed by atoms with van der Waals surface area (Å²) in [4.78, 5) is 10.6. The van der Waals surface area contributed by atoms with E-state index in [0.29, 0.717) is 16.1 Å². The van der Waals surface area contributed by atoms with E-state index in [9.17, 15) is 18.3 Å². The Morgan fingerprint density at radius 1 is 1.04 bits per heavy atom. The first kappa shape index (κ1) is 19.9. The van der Waals surface area contributed by atoms with Crippen LogP contribution in [0.15, 0.2) is 53.9 Å². The van der Waals surface area contributed by atoms with Crippen molar-refractivity contribution in [3.63, 3.8) is 0 Å². The van der Waals surface area contributed by atoms with Gasteiger partial charge in [-0.05, 0) is 34.9 Å². The molecule has 0 bridgehead atoms. The first-order valence-corrected chi connectivity index (χ1v) is 8.42. The number of halogens is 1. The summed E-state index contributed by atoms with van der Waals surface area (Å²) in [5.74, 6) is -1.40. The van der Waals surface area contributed by atoms with Gasteiger partial charge in [-0.3, -0.25) is 0 Å². The molecule has 0 atom stereocenters. The summed E-state index contributed by atoms with van der Waals surface area (Å²) < 4.78 is 24.0. The van der Waals surface area contributed by atoms with Crippen molar-refractivity contribution >= 4 is 33.5 Å². The number of carbonyl (C=O) groups is 1. The third kappa shape index (κ3) is 6.49. The van der Waals surface area contributed by atoms with Crippen molar-refractivity contribution in [3.8, 4) is 0 Å². The van der Waals surface area contributed by atoms with E-state index in [2.05, 4.69) is 0 Å². The van der Waals surface area contributed by atoms with E-state index in [1.165, 1.54) is 30.3 Å². The summed E-state index contributed by atoms with van der Waals surface area (Å²) in [5, 5.41) is 12.3. The molecule has 0 amide bonds. The second-order valence-electron chi connectivity index (χ2n) is 4.65. The average molecular weight is 359 g/mol. The number of carboxylic acids is 1. The van der Waals surface area contributed by atoms with Crippen LogP contribution in [0.5, 0.6) is 0 Å². The van der Waals surface area contributed by atoms with E-state index < -0.39 is 15.8 Å². The van der Waals surface area contributed by atoms with Crippen molar-refractivity contribution in [2.45, 2.75) is 5.75 Å². The van der Waals surface area contributed by atoms with Crippen molar-refractivity contribution < 1.29 is 47.9 Å². The van der Waals surface area contributed by atoms with Crippen molar-refractivity contribution in [2.24, 2.45) is 0 Å². The number of rotatable bonds is 5. The van der Waals surface area contributed by atoms with E-state index in [0.717, 1.165) is 5.41 Å². The molecular weight excluding hydrogens is 347 g/mol. The van der Waals surface area contributed by atoms with Gasteiger partial charge in [-0.2, -0.15) is 0 Å². The van der Waals surface area contributed by atoms with Crippen LogP contribution in [0.1, 0.15) is 21.5 Å². The molecule has 0 fully saturated rings. The van der Waals surface area contributed by atoms with Crippen LogP contribution >= 0.6 is 11.6 Å². The molecule has 0 spiro atoms. The maximum absolute atomic E-state index is 12.0. The largest absolute Gasteiger partial charge is 1.00 e. The maximum atomic E-state index is 12.0. The number of sulfone groups is 1. The van der Waals surface area contributed by atoms with Crippen LogP contribution in [-0.2, 0) is 15.6 Å². The van der Waals surface area contributed by atoms with Crippen molar-refractivity contribution in [1.82, 2.24) is 0 Å². The van der Waals surface area contributed by atoms with E-state index in [-0.39, 0.29) is 40.9 Å². The van der Waals surface area contributed by atoms with Crippen LogP contribution in [0.2, 0.25) is 5.02 Å². The van der Waals surface area contributed by atoms with Gasteiger partial charge in [0.2, 0.25) is 0 Å². The Labute approximate surface area is 162 Å². The zero-order valence-corrected chi connectivity index (χ0v) is 16.0. The van der Waals surface area contributed by atoms with Gasteiger partial charge >= 0.3 is 29.6 Å². The Morgan fingerprint density at radius 2 is 1.61 bits per heavy atom. The summed E-state index contributed by atoms with van der Waals surface area (Å²) in [6.45, 7) is 0. The summed E-state index contributed by atoms with van der Waals surface area (Å²) in [5.41, 5.74) is 1.27. The third-order valence-electron chi connectivity index (χ3n) is 2.90. The van der Waals surface area contributed by atoms with Gasteiger partial charge in [0.25, 0.3) is 0 Å². The van der Waals surface area contributed by atoms with Gasteiger partial charge < -0.3 is 9.90 Å². The average Bonchev–Trinajstić information content (AvgIpc) is 2.48. The van der Waals surface area contributed by atoms with Crippen molar-refractivity contribution in [2.75, 3.05) is 0 Å². The van der Waals surface area contributed by atoms with E-state index in [1.807, 2.05) is 0 Å². The Bertz CT molecular complexity index is 797. The minimum atomic E-state index is -3.42. The molecule has 0 heterocycles. The monoisotopic (exact) mass is 358 g/mol. The molecule has 0 unspecified atom stereocenters. The normalized spacial score (nSPS) is 11.2. The molecule has 23 heavy (non-hydrogen) atoms. The van der Waals surface area contributed by atoms with Crippen LogP contribution in [0.4, 0.5) is 0 Å². The van der Waals surface area contributed by atoms with Gasteiger partial charge in [-0.15, -0.1) is 0 Å². The fraction of sp³-hybridized carbons (Fsp3) is 0.0625. The molecule has 2 aromatic carbocycles. The Morgan fingerprint density at radius 3 is 2.13 bits per heavy atom. The molecule has 0 aliphatic rings. The quantitative estimate of drug-likeness (QED) is 0.662. The van der Waals surface area contributed by atoms with E-state index >= 15 is 0 Å². The molecule has 0 aliphatic heterocycles. The van der Waals surface area contributed by atoms with Crippen LogP contribution < -0.4 is 34.7 Å². The molecule has 0 N–H and O–H groups in total. The summed E-state index contributed by atoms with van der Waals surface area (Å²) >= 11 is 5.75. The van der Waals surface area contributed by atoms with Gasteiger partial charge in [0.05, 0.1) is 11.7 Å². The smallest absolute Gasteiger partial charge is 0.545 e. The second-order valence-corrected chi connectivity index (χ2v) is 6.97. The van der Waals surface area contributed by atoms with E-state index in [4.69, 9.17) is 11.6 Å². The van der Waals surface area contributed by atoms with Crippen LogP contribution in [0.25, 0.3) is 6.08 Å². The number of hydrogen-bond acceptors (Lipinski definition) is 4. The molecular formula is C16H12ClNaO4S. The minimum Gasteiger partial charge on any atom is -0.545 e. The summed E-state index contributed by atoms with van der Waals surface area (Å²) in [7, 11) is -3.42. The molecule has 0 aliphatic carbocycles. The van der Waals surface area contributed by atoms with Gasteiger partial charge in [-0.25, -0.2) is 8.42 Å². The predicted molar refractivity (Wildman–Crippen MR) is 83.9 cm³/mol. The molecule has 2 aromatic rings. The van der Waals surface area contributed by atoms with Crippen LogP contribution in [-0.4, -0.2) is 14.4 Å². The van der Waals surface area contributed by atoms with E-state index in [1.54, 1.807) is 24.3 Å². The van der Waals surface area contributed by atoms with Gasteiger partial charge in [0.15, 0.2) is 9.84 Å². The van der Waals surface area contributed by atoms with Gasteiger partial charge in [-0.1, -0.05) is 48.0 Å². The zero-order chi connectivity index (χ0) is 16.2. The number of carbonyl (C=O) groups excluding carboxylic acids is 1. The SMILES string of the molecule is O=C([O-])c1ccc(/C=C/S(=O)(=O)Cc2ccc(Cl)cc2)cc1.[Na+]. The van der Waals surface area contributed by atoms with Gasteiger partial charge in [0.1, 0.15) is 0 Å². The van der Waals surface area contributed by atoms with Gasteiger partial charge in [0, 0.05) is 10.4 Å². The molecule has 2 rings (SSSR count). The maximum Gasteiger partial charge on any atom is 1.00 e. The second kappa shape index (κ2) is 8.66. The summed E-state index contributed by atoms with van der Waals surface area (Å²) in [6, 6.07) is 12.3. The predicted octanol–water partition coefficient (Wildman–Crippen LogP) is -0.707. The van der Waals surface area contributed by atoms with Crippen molar-refractivity contribution in [1.29, 1.82) is 0 Å². The first-order chi connectivity index (χ1) is 10.4. The number of aromatic carboxylic acids is 1. The molecule has 0 aromatic heterocycles. The van der Waals surface area contributed by atoms with Crippen LogP contribution in [0, 0.1) is 0 Å². The molecule has 7 heteroatoms.